The lowest BCUT2D eigenvalue weighted by atomic mass is 10.2. The first-order valence-corrected chi connectivity index (χ1v) is 8.03. The molecular formula is C18H18ClN3O2. The van der Waals surface area contributed by atoms with E-state index in [9.17, 15) is 0 Å². The lowest BCUT2D eigenvalue weighted by Gasteiger charge is -2.14. The summed E-state index contributed by atoms with van der Waals surface area (Å²) in [5.74, 6) is 2.01. The average molecular weight is 344 g/mol. The highest BCUT2D eigenvalue weighted by Gasteiger charge is 2.10. The van der Waals surface area contributed by atoms with Gasteiger partial charge in [-0.15, -0.1) is 0 Å². The van der Waals surface area contributed by atoms with Crippen LogP contribution in [0.4, 0.5) is 0 Å². The fraction of sp³-hybridized carbons (Fsp3) is 0.222. The molecule has 3 aromatic rings. The van der Waals surface area contributed by atoms with Gasteiger partial charge in [-0.25, -0.2) is 0 Å². The van der Waals surface area contributed by atoms with E-state index in [0.29, 0.717) is 29.9 Å². The second-order valence-electron chi connectivity index (χ2n) is 5.42. The number of hydrogen-bond donors (Lipinski definition) is 0. The Morgan fingerprint density at radius 1 is 1.08 bits per heavy atom. The van der Waals surface area contributed by atoms with Crippen molar-refractivity contribution >= 4 is 11.6 Å². The lowest BCUT2D eigenvalue weighted by Crippen LogP contribution is -2.24. The second kappa shape index (κ2) is 7.95. The summed E-state index contributed by atoms with van der Waals surface area (Å²) in [4.78, 5) is 6.48. The maximum atomic E-state index is 5.88. The molecule has 0 spiro atoms. The number of rotatable bonds is 7. The molecule has 0 saturated heterocycles. The van der Waals surface area contributed by atoms with Gasteiger partial charge in [0.15, 0.2) is 0 Å². The lowest BCUT2D eigenvalue weighted by molar-refractivity contribution is 0.213. The molecule has 24 heavy (non-hydrogen) atoms. The minimum absolute atomic E-state index is 0.565. The molecule has 1 aromatic heterocycles. The summed E-state index contributed by atoms with van der Waals surface area (Å²) in [6.07, 6.45) is 0. The molecule has 1 heterocycles. The van der Waals surface area contributed by atoms with Crippen LogP contribution in [0.3, 0.4) is 0 Å². The first kappa shape index (κ1) is 16.5. The SMILES string of the molecule is CN(CCOc1ccccc1)Cc1nc(-c2ccc(Cl)cc2)no1. The van der Waals surface area contributed by atoms with E-state index in [4.69, 9.17) is 20.9 Å². The Kier molecular flexibility index (Phi) is 5.46. The summed E-state index contributed by atoms with van der Waals surface area (Å²) in [6, 6.07) is 17.1. The molecule has 0 unspecified atom stereocenters. The van der Waals surface area contributed by atoms with E-state index < -0.39 is 0 Å². The van der Waals surface area contributed by atoms with Crippen molar-refractivity contribution < 1.29 is 9.26 Å². The van der Waals surface area contributed by atoms with E-state index in [1.165, 1.54) is 0 Å². The van der Waals surface area contributed by atoms with Gasteiger partial charge in [-0.2, -0.15) is 4.98 Å². The van der Waals surface area contributed by atoms with Crippen LogP contribution in [0, 0.1) is 0 Å². The molecule has 124 valence electrons. The molecule has 6 heteroatoms. The predicted molar refractivity (Wildman–Crippen MR) is 93.0 cm³/mol. The van der Waals surface area contributed by atoms with Gasteiger partial charge in [0.25, 0.3) is 0 Å². The molecule has 3 rings (SSSR count). The van der Waals surface area contributed by atoms with Crippen molar-refractivity contribution in [1.29, 1.82) is 0 Å². The van der Waals surface area contributed by atoms with Gasteiger partial charge in [0, 0.05) is 17.1 Å². The number of nitrogens with zero attached hydrogens (tertiary/aromatic N) is 3. The average Bonchev–Trinajstić information content (AvgIpc) is 3.05. The Labute approximate surface area is 145 Å². The van der Waals surface area contributed by atoms with Gasteiger partial charge in [0.1, 0.15) is 12.4 Å². The smallest absolute Gasteiger partial charge is 0.241 e. The van der Waals surface area contributed by atoms with Crippen molar-refractivity contribution in [2.24, 2.45) is 0 Å². The first-order chi connectivity index (χ1) is 11.7. The molecule has 0 fully saturated rings. The molecular weight excluding hydrogens is 326 g/mol. The van der Waals surface area contributed by atoms with Crippen LogP contribution in [0.25, 0.3) is 11.4 Å². The summed E-state index contributed by atoms with van der Waals surface area (Å²) in [7, 11) is 1.99. The number of hydrogen-bond acceptors (Lipinski definition) is 5. The van der Waals surface area contributed by atoms with E-state index in [1.54, 1.807) is 12.1 Å². The second-order valence-corrected chi connectivity index (χ2v) is 5.85. The van der Waals surface area contributed by atoms with Gasteiger partial charge in [-0.05, 0) is 43.4 Å². The van der Waals surface area contributed by atoms with E-state index >= 15 is 0 Å². The van der Waals surface area contributed by atoms with Crippen LogP contribution in [-0.2, 0) is 6.54 Å². The minimum Gasteiger partial charge on any atom is -0.492 e. The number of aromatic nitrogens is 2. The minimum atomic E-state index is 0.565. The van der Waals surface area contributed by atoms with E-state index in [0.717, 1.165) is 17.9 Å². The Hall–Kier alpha value is -2.37. The molecule has 2 aromatic carbocycles. The number of para-hydroxylation sites is 1. The van der Waals surface area contributed by atoms with Crippen LogP contribution in [0.15, 0.2) is 59.1 Å². The van der Waals surface area contributed by atoms with Gasteiger partial charge < -0.3 is 9.26 Å². The summed E-state index contributed by atoms with van der Waals surface area (Å²) < 4.78 is 11.0. The van der Waals surface area contributed by atoms with Crippen molar-refractivity contribution in [3.05, 3.63) is 65.5 Å². The molecule has 0 aliphatic carbocycles. The van der Waals surface area contributed by atoms with E-state index in [-0.39, 0.29) is 0 Å². The van der Waals surface area contributed by atoms with Crippen LogP contribution in [0.5, 0.6) is 5.75 Å². The van der Waals surface area contributed by atoms with Gasteiger partial charge in [0.2, 0.25) is 11.7 Å². The Balaban J connectivity index is 1.50. The van der Waals surface area contributed by atoms with Crippen LogP contribution in [0.1, 0.15) is 5.89 Å². The highest BCUT2D eigenvalue weighted by atomic mass is 35.5. The Morgan fingerprint density at radius 3 is 2.58 bits per heavy atom. The maximum Gasteiger partial charge on any atom is 0.241 e. The van der Waals surface area contributed by atoms with E-state index in [2.05, 4.69) is 15.0 Å². The van der Waals surface area contributed by atoms with Gasteiger partial charge in [-0.3, -0.25) is 4.90 Å². The normalized spacial score (nSPS) is 11.0. The molecule has 0 saturated carbocycles. The summed E-state index contributed by atoms with van der Waals surface area (Å²) in [6.45, 7) is 1.92. The van der Waals surface area contributed by atoms with Gasteiger partial charge >= 0.3 is 0 Å². The quantitative estimate of drug-likeness (QED) is 0.651. The van der Waals surface area contributed by atoms with Crippen molar-refractivity contribution in [2.75, 3.05) is 20.2 Å². The highest BCUT2D eigenvalue weighted by molar-refractivity contribution is 6.30. The summed E-state index contributed by atoms with van der Waals surface area (Å²) in [5.41, 5.74) is 0.879. The van der Waals surface area contributed by atoms with Crippen molar-refractivity contribution in [3.63, 3.8) is 0 Å². The molecule has 5 nitrogen and oxygen atoms in total. The number of halogens is 1. The van der Waals surface area contributed by atoms with Crippen molar-refractivity contribution in [2.45, 2.75) is 6.54 Å². The predicted octanol–water partition coefficient (Wildman–Crippen LogP) is 3.90. The van der Waals surface area contributed by atoms with Crippen LogP contribution < -0.4 is 4.74 Å². The zero-order chi connectivity index (χ0) is 16.8. The largest absolute Gasteiger partial charge is 0.492 e. The molecule has 0 bridgehead atoms. The van der Waals surface area contributed by atoms with Crippen LogP contribution in [-0.4, -0.2) is 35.2 Å². The molecule has 0 N–H and O–H groups in total. The summed E-state index contributed by atoms with van der Waals surface area (Å²) in [5, 5.41) is 4.69. The van der Waals surface area contributed by atoms with Crippen LogP contribution >= 0.6 is 11.6 Å². The van der Waals surface area contributed by atoms with Crippen molar-refractivity contribution in [1.82, 2.24) is 15.0 Å². The fourth-order valence-electron chi connectivity index (χ4n) is 2.18. The van der Waals surface area contributed by atoms with Gasteiger partial charge in [0.05, 0.1) is 6.54 Å². The maximum absolute atomic E-state index is 5.88. The molecule has 0 radical (unpaired) electrons. The summed E-state index contributed by atoms with van der Waals surface area (Å²) >= 11 is 5.88. The first-order valence-electron chi connectivity index (χ1n) is 7.65. The third-order valence-corrected chi connectivity index (χ3v) is 3.71. The number of benzene rings is 2. The molecule has 0 amide bonds. The molecule has 0 atom stereocenters. The third-order valence-electron chi connectivity index (χ3n) is 3.46. The van der Waals surface area contributed by atoms with Crippen molar-refractivity contribution in [3.8, 4) is 17.1 Å². The highest BCUT2D eigenvalue weighted by Crippen LogP contribution is 2.19. The fourth-order valence-corrected chi connectivity index (χ4v) is 2.31. The standard InChI is InChI=1S/C18H18ClN3O2/c1-22(11-12-23-16-5-3-2-4-6-16)13-17-20-18(21-24-17)14-7-9-15(19)10-8-14/h2-10H,11-13H2,1H3. The number of ether oxygens (including phenoxy) is 1. The van der Waals surface area contributed by atoms with Crippen LogP contribution in [0.2, 0.25) is 5.02 Å². The topological polar surface area (TPSA) is 51.4 Å². The van der Waals surface area contributed by atoms with Gasteiger partial charge in [-0.1, -0.05) is 35.0 Å². The zero-order valence-electron chi connectivity index (χ0n) is 13.4. The van der Waals surface area contributed by atoms with E-state index in [1.807, 2.05) is 49.5 Å². The monoisotopic (exact) mass is 343 g/mol. The molecule has 0 aliphatic rings. The number of likely N-dealkylation sites (N-methyl/N-ethyl adjacent to an activating group) is 1. The zero-order valence-corrected chi connectivity index (χ0v) is 14.1. The third kappa shape index (κ3) is 4.57. The Bertz CT molecular complexity index is 759. The Morgan fingerprint density at radius 2 is 1.83 bits per heavy atom. The molecule has 0 aliphatic heterocycles.